The van der Waals surface area contributed by atoms with Gasteiger partial charge in [-0.05, 0) is 59.5 Å². The summed E-state index contributed by atoms with van der Waals surface area (Å²) < 4.78 is 7.85. The van der Waals surface area contributed by atoms with E-state index >= 15 is 0 Å². The molecule has 152 valence electrons. The third-order valence-corrected chi connectivity index (χ3v) is 6.74. The van der Waals surface area contributed by atoms with Crippen LogP contribution >= 0.6 is 11.3 Å². The topological polar surface area (TPSA) is 39.4 Å². The fraction of sp³-hybridized carbons (Fsp3) is 0.280. The quantitative estimate of drug-likeness (QED) is 0.381. The van der Waals surface area contributed by atoms with Crippen LogP contribution in [0, 0.1) is 0 Å². The Morgan fingerprint density at radius 2 is 1.87 bits per heavy atom. The molecular weight excluding hydrogens is 390 g/mol. The molecule has 30 heavy (non-hydrogen) atoms. The Labute approximate surface area is 180 Å². The van der Waals surface area contributed by atoms with Gasteiger partial charge in [0.15, 0.2) is 4.80 Å². The Morgan fingerprint density at radius 1 is 1.03 bits per heavy atom. The number of rotatable bonds is 4. The highest BCUT2D eigenvalue weighted by Crippen LogP contribution is 2.34. The summed E-state index contributed by atoms with van der Waals surface area (Å²) in [5.41, 5.74) is 3.40. The van der Waals surface area contributed by atoms with E-state index in [2.05, 4.69) is 45.3 Å². The van der Waals surface area contributed by atoms with Gasteiger partial charge >= 0.3 is 0 Å². The number of pyridine rings is 1. The Hall–Kier alpha value is -2.92. The number of ether oxygens (including phenoxy) is 1. The average Bonchev–Trinajstić information content (AvgIpc) is 3.23. The molecule has 1 aliphatic carbocycles. The van der Waals surface area contributed by atoms with Gasteiger partial charge in [-0.3, -0.25) is 4.98 Å². The molecule has 0 atom stereocenters. The average molecular weight is 416 g/mol. The molecule has 0 radical (unpaired) electrons. The van der Waals surface area contributed by atoms with Gasteiger partial charge in [-0.15, -0.1) is 11.3 Å². The molecule has 2 aromatic heterocycles. The number of aromatic nitrogens is 2. The summed E-state index contributed by atoms with van der Waals surface area (Å²) >= 11 is 1.72. The maximum Gasteiger partial charge on any atom is 0.190 e. The van der Waals surface area contributed by atoms with Crippen molar-refractivity contribution in [3.63, 3.8) is 0 Å². The summed E-state index contributed by atoms with van der Waals surface area (Å²) in [5.74, 6) is 0.889. The van der Waals surface area contributed by atoms with Gasteiger partial charge in [0.1, 0.15) is 5.75 Å². The lowest BCUT2D eigenvalue weighted by Gasteiger charge is -2.25. The molecule has 0 bridgehead atoms. The molecule has 5 heteroatoms. The second kappa shape index (κ2) is 8.44. The molecular formula is C25H25N3OS. The number of methoxy groups -OCH3 is 1. The third-order valence-electron chi connectivity index (χ3n) is 5.90. The summed E-state index contributed by atoms with van der Waals surface area (Å²) in [7, 11) is 1.71. The smallest absolute Gasteiger partial charge is 0.190 e. The second-order valence-electron chi connectivity index (χ2n) is 7.82. The van der Waals surface area contributed by atoms with Crippen molar-refractivity contribution in [1.82, 2.24) is 9.55 Å². The summed E-state index contributed by atoms with van der Waals surface area (Å²) in [6, 6.07) is 17.4. The molecule has 0 N–H and O–H groups in total. The minimum atomic E-state index is 0.502. The van der Waals surface area contributed by atoms with Crippen molar-refractivity contribution in [3.8, 4) is 17.0 Å². The van der Waals surface area contributed by atoms with Crippen molar-refractivity contribution in [2.24, 2.45) is 4.99 Å². The number of hydrogen-bond acceptors (Lipinski definition) is 4. The van der Waals surface area contributed by atoms with Crippen molar-refractivity contribution in [3.05, 3.63) is 71.1 Å². The lowest BCUT2D eigenvalue weighted by atomic mass is 9.94. The van der Waals surface area contributed by atoms with Crippen LogP contribution in [0.3, 0.4) is 0 Å². The molecule has 2 heterocycles. The molecule has 0 amide bonds. The van der Waals surface area contributed by atoms with Crippen LogP contribution in [0.1, 0.15) is 38.1 Å². The Bertz CT molecular complexity index is 1220. The zero-order chi connectivity index (χ0) is 20.3. The summed E-state index contributed by atoms with van der Waals surface area (Å²) in [5, 5.41) is 4.67. The first kappa shape index (κ1) is 19.1. The van der Waals surface area contributed by atoms with Crippen LogP contribution in [-0.2, 0) is 0 Å². The van der Waals surface area contributed by atoms with E-state index in [0.29, 0.717) is 6.04 Å². The van der Waals surface area contributed by atoms with E-state index < -0.39 is 0 Å². The standard InChI is InChI=1S/C25H25N3OS/c1-29-23-12-11-18-14-20(10-9-19(18)15-23)24-17-30-25(27-21-6-5-13-26-16-21)28(24)22-7-3-2-4-8-22/h5-6,9-17,22H,2-4,7-8H2,1H3. The Kier molecular flexibility index (Phi) is 5.37. The maximum absolute atomic E-state index is 5.38. The lowest BCUT2D eigenvalue weighted by Crippen LogP contribution is -2.23. The van der Waals surface area contributed by atoms with E-state index in [0.717, 1.165) is 16.2 Å². The summed E-state index contributed by atoms with van der Waals surface area (Å²) in [6.45, 7) is 0. The Morgan fingerprint density at radius 3 is 2.67 bits per heavy atom. The largest absolute Gasteiger partial charge is 0.497 e. The molecule has 1 fully saturated rings. The van der Waals surface area contributed by atoms with Gasteiger partial charge < -0.3 is 9.30 Å². The van der Waals surface area contributed by atoms with Crippen molar-refractivity contribution in [2.75, 3.05) is 7.11 Å². The fourth-order valence-electron chi connectivity index (χ4n) is 4.35. The van der Waals surface area contributed by atoms with Crippen molar-refractivity contribution in [1.29, 1.82) is 0 Å². The highest BCUT2D eigenvalue weighted by Gasteiger charge is 2.20. The molecule has 2 aromatic carbocycles. The number of nitrogens with zero attached hydrogens (tertiary/aromatic N) is 3. The first-order valence-electron chi connectivity index (χ1n) is 10.5. The third kappa shape index (κ3) is 3.77. The molecule has 0 aliphatic heterocycles. The Balaban J connectivity index is 1.64. The van der Waals surface area contributed by atoms with E-state index in [1.165, 1.54) is 54.1 Å². The van der Waals surface area contributed by atoms with E-state index in [9.17, 15) is 0 Å². The van der Waals surface area contributed by atoms with Crippen LogP contribution < -0.4 is 9.54 Å². The summed E-state index contributed by atoms with van der Waals surface area (Å²) in [4.78, 5) is 10.2. The van der Waals surface area contributed by atoms with Crippen molar-refractivity contribution < 1.29 is 4.74 Å². The highest BCUT2D eigenvalue weighted by molar-refractivity contribution is 7.07. The first-order valence-corrected chi connectivity index (χ1v) is 11.4. The van der Waals surface area contributed by atoms with Gasteiger partial charge in [0.05, 0.1) is 24.7 Å². The fourth-order valence-corrected chi connectivity index (χ4v) is 5.33. The molecule has 1 saturated carbocycles. The molecule has 0 spiro atoms. The number of hydrogen-bond donors (Lipinski definition) is 0. The lowest BCUT2D eigenvalue weighted by molar-refractivity contribution is 0.351. The second-order valence-corrected chi connectivity index (χ2v) is 8.65. The van der Waals surface area contributed by atoms with E-state index in [1.54, 1.807) is 24.6 Å². The van der Waals surface area contributed by atoms with Gasteiger partial charge in [-0.2, -0.15) is 0 Å². The summed E-state index contributed by atoms with van der Waals surface area (Å²) in [6.07, 6.45) is 9.96. The zero-order valence-electron chi connectivity index (χ0n) is 17.1. The van der Waals surface area contributed by atoms with Gasteiger partial charge in [-0.1, -0.05) is 37.5 Å². The van der Waals surface area contributed by atoms with Crippen LogP contribution in [0.25, 0.3) is 22.0 Å². The monoisotopic (exact) mass is 415 g/mol. The van der Waals surface area contributed by atoms with Crippen LogP contribution in [-0.4, -0.2) is 16.7 Å². The van der Waals surface area contributed by atoms with Gasteiger partial charge in [0.2, 0.25) is 0 Å². The van der Waals surface area contributed by atoms with Crippen molar-refractivity contribution in [2.45, 2.75) is 38.1 Å². The minimum Gasteiger partial charge on any atom is -0.497 e. The van der Waals surface area contributed by atoms with Crippen LogP contribution in [0.2, 0.25) is 0 Å². The normalized spacial score (nSPS) is 15.6. The predicted octanol–water partition coefficient (Wildman–Crippen LogP) is 6.51. The molecule has 5 rings (SSSR count). The van der Waals surface area contributed by atoms with Crippen LogP contribution in [0.15, 0.2) is 71.3 Å². The van der Waals surface area contributed by atoms with Gasteiger partial charge in [0, 0.05) is 17.6 Å². The van der Waals surface area contributed by atoms with Gasteiger partial charge in [0.25, 0.3) is 0 Å². The van der Waals surface area contributed by atoms with Crippen molar-refractivity contribution >= 4 is 27.8 Å². The molecule has 1 aliphatic rings. The highest BCUT2D eigenvalue weighted by atomic mass is 32.1. The van der Waals surface area contributed by atoms with E-state index in [1.807, 2.05) is 24.4 Å². The molecule has 0 saturated heterocycles. The number of benzene rings is 2. The molecule has 4 aromatic rings. The SMILES string of the molecule is COc1ccc2cc(-c3csc(=Nc4cccnc4)n3C3CCCCC3)ccc2c1. The van der Waals surface area contributed by atoms with E-state index in [-0.39, 0.29) is 0 Å². The van der Waals surface area contributed by atoms with Gasteiger partial charge in [-0.25, -0.2) is 4.99 Å². The first-order chi connectivity index (χ1) is 14.8. The van der Waals surface area contributed by atoms with Crippen LogP contribution in [0.4, 0.5) is 5.69 Å². The van der Waals surface area contributed by atoms with Crippen LogP contribution in [0.5, 0.6) is 5.75 Å². The molecule has 4 nitrogen and oxygen atoms in total. The minimum absolute atomic E-state index is 0.502. The maximum atomic E-state index is 5.38. The van der Waals surface area contributed by atoms with E-state index in [4.69, 9.17) is 9.73 Å². The number of thiazole rings is 1. The predicted molar refractivity (Wildman–Crippen MR) is 123 cm³/mol. The zero-order valence-corrected chi connectivity index (χ0v) is 17.9. The number of fused-ring (bicyclic) bond motifs is 1. The molecule has 0 unspecified atom stereocenters.